The number of rotatable bonds is 1. The second kappa shape index (κ2) is 4.13. The Morgan fingerprint density at radius 2 is 1.75 bits per heavy atom. The molecule has 0 N–H and O–H groups in total. The molecule has 2 nitrogen and oxygen atoms in total. The van der Waals surface area contributed by atoms with E-state index in [0.29, 0.717) is 0 Å². The Morgan fingerprint density at radius 3 is 1.75 bits per heavy atom. The Kier molecular flexibility index (Phi) is 6.19. The summed E-state index contributed by atoms with van der Waals surface area (Å²) in [5.41, 5.74) is 0. The van der Waals surface area contributed by atoms with Gasteiger partial charge in [-0.1, -0.05) is 0 Å². The number of carboxylic acid groups (broad SMARTS) is 1. The third-order valence-corrected chi connectivity index (χ3v) is 0.386. The van der Waals surface area contributed by atoms with Crippen LogP contribution >= 0.6 is 11.6 Å². The van der Waals surface area contributed by atoms with E-state index in [4.69, 9.17) is 9.90 Å². The molecule has 0 aliphatic rings. The second-order valence-corrected chi connectivity index (χ2v) is 1.26. The molecular formula is C2ClF2KO2. The van der Waals surface area contributed by atoms with E-state index in [0.717, 1.165) is 0 Å². The number of carboxylic acids is 1. The molecule has 0 aromatic rings. The molecule has 8 heavy (non-hydrogen) atoms. The molecule has 0 saturated carbocycles. The van der Waals surface area contributed by atoms with Crippen molar-refractivity contribution in [2.75, 3.05) is 0 Å². The van der Waals surface area contributed by atoms with Crippen LogP contribution < -0.4 is 56.5 Å². The fourth-order valence-electron chi connectivity index (χ4n) is 0. The van der Waals surface area contributed by atoms with Gasteiger partial charge in [0.1, 0.15) is 5.97 Å². The molecule has 0 saturated heterocycles. The van der Waals surface area contributed by atoms with Crippen molar-refractivity contribution in [3.05, 3.63) is 0 Å². The van der Waals surface area contributed by atoms with Gasteiger partial charge in [-0.15, -0.1) is 0 Å². The van der Waals surface area contributed by atoms with Crippen molar-refractivity contribution in [2.24, 2.45) is 0 Å². The largest absolute Gasteiger partial charge is 1.00 e. The van der Waals surface area contributed by atoms with Gasteiger partial charge < -0.3 is 9.90 Å². The van der Waals surface area contributed by atoms with Crippen molar-refractivity contribution in [2.45, 2.75) is 5.38 Å². The van der Waals surface area contributed by atoms with Gasteiger partial charge in [-0.25, -0.2) is 0 Å². The smallest absolute Gasteiger partial charge is 0.543 e. The van der Waals surface area contributed by atoms with E-state index in [-0.39, 0.29) is 51.4 Å². The van der Waals surface area contributed by atoms with E-state index >= 15 is 0 Å². The molecule has 0 rings (SSSR count). The van der Waals surface area contributed by atoms with E-state index in [1.54, 1.807) is 0 Å². The molecule has 0 spiro atoms. The SMILES string of the molecule is O=C([O-])C(F)(F)Cl.[K+]. The Morgan fingerprint density at radius 1 is 1.62 bits per heavy atom. The Bertz CT molecular complexity index is 90.5. The maximum absolute atomic E-state index is 10.9. The van der Waals surface area contributed by atoms with Gasteiger partial charge in [-0.3, -0.25) is 0 Å². The summed E-state index contributed by atoms with van der Waals surface area (Å²) in [5, 5.41) is 4.81. The van der Waals surface area contributed by atoms with E-state index in [1.165, 1.54) is 0 Å². The van der Waals surface area contributed by atoms with Gasteiger partial charge in [0, 0.05) is 0 Å². The third kappa shape index (κ3) is 5.39. The van der Waals surface area contributed by atoms with Crippen LogP contribution in [0.5, 0.6) is 0 Å². The molecule has 0 aliphatic heterocycles. The molecule has 6 heteroatoms. The number of hydrogen-bond donors (Lipinski definition) is 0. The molecule has 0 aromatic heterocycles. The van der Waals surface area contributed by atoms with Crippen molar-refractivity contribution in [1.29, 1.82) is 0 Å². The number of carbonyl (C=O) groups excluding carboxylic acids is 1. The van der Waals surface area contributed by atoms with E-state index in [9.17, 15) is 8.78 Å². The molecule has 0 heterocycles. The molecular weight excluding hydrogens is 169 g/mol. The van der Waals surface area contributed by atoms with Crippen molar-refractivity contribution >= 4 is 17.6 Å². The van der Waals surface area contributed by atoms with Gasteiger partial charge in [0.2, 0.25) is 0 Å². The zero-order chi connectivity index (χ0) is 6.08. The van der Waals surface area contributed by atoms with Crippen molar-refractivity contribution in [1.82, 2.24) is 0 Å². The van der Waals surface area contributed by atoms with Crippen LogP contribution in [0, 0.1) is 0 Å². The molecule has 0 amide bonds. The molecule has 0 fully saturated rings. The first kappa shape index (κ1) is 12.0. The average Bonchev–Trinajstić information content (AvgIpc) is 1.31. The Hall–Kier alpha value is 1.26. The van der Waals surface area contributed by atoms with Crippen LogP contribution in [-0.4, -0.2) is 11.4 Å². The fourth-order valence-corrected chi connectivity index (χ4v) is 0. The molecule has 0 unspecified atom stereocenters. The van der Waals surface area contributed by atoms with E-state index in [1.807, 2.05) is 0 Å². The van der Waals surface area contributed by atoms with Crippen LogP contribution in [0.1, 0.15) is 0 Å². The summed E-state index contributed by atoms with van der Waals surface area (Å²) in [7, 11) is 0. The summed E-state index contributed by atoms with van der Waals surface area (Å²) in [6.45, 7) is 0. The van der Waals surface area contributed by atoms with Gasteiger partial charge >= 0.3 is 56.8 Å². The summed E-state index contributed by atoms with van der Waals surface area (Å²) >= 11 is 3.87. The molecule has 42 valence electrons. The summed E-state index contributed by atoms with van der Waals surface area (Å²) < 4.78 is 21.9. The zero-order valence-corrected chi connectivity index (χ0v) is 7.83. The van der Waals surface area contributed by atoms with Crippen LogP contribution in [0.3, 0.4) is 0 Å². The molecule has 0 radical (unpaired) electrons. The number of halogens is 3. The standard InChI is InChI=1S/C2HClF2O2.K/c3-2(4,5)1(6)7;/h(H,6,7);/q;+1/p-1. The average molecular weight is 169 g/mol. The van der Waals surface area contributed by atoms with Crippen molar-refractivity contribution in [3.8, 4) is 0 Å². The maximum Gasteiger partial charge on any atom is 1.00 e. The minimum atomic E-state index is -4.22. The first-order chi connectivity index (χ1) is 2.94. The summed E-state index contributed by atoms with van der Waals surface area (Å²) in [6.07, 6.45) is 0. The predicted molar refractivity (Wildman–Crippen MR) is 15.8 cm³/mol. The van der Waals surface area contributed by atoms with E-state index < -0.39 is 11.4 Å². The number of aliphatic carboxylic acids is 1. The van der Waals surface area contributed by atoms with Gasteiger partial charge in [0.15, 0.2) is 0 Å². The first-order valence-corrected chi connectivity index (χ1v) is 1.60. The Balaban J connectivity index is 0. The monoisotopic (exact) mass is 168 g/mol. The summed E-state index contributed by atoms with van der Waals surface area (Å²) in [6, 6.07) is 0. The Labute approximate surface area is 91.6 Å². The van der Waals surface area contributed by atoms with Gasteiger partial charge in [-0.05, 0) is 11.6 Å². The summed E-state index contributed by atoms with van der Waals surface area (Å²) in [5.74, 6) is -2.57. The molecule has 0 bridgehead atoms. The topological polar surface area (TPSA) is 40.1 Å². The maximum atomic E-state index is 10.9. The van der Waals surface area contributed by atoms with Crippen molar-refractivity contribution < 1.29 is 70.1 Å². The molecule has 0 aliphatic carbocycles. The second-order valence-electron chi connectivity index (χ2n) is 0.785. The van der Waals surface area contributed by atoms with Crippen LogP contribution in [0.2, 0.25) is 0 Å². The number of hydrogen-bond acceptors (Lipinski definition) is 2. The number of alkyl halides is 3. The third-order valence-electron chi connectivity index (χ3n) is 0.231. The van der Waals surface area contributed by atoms with Crippen LogP contribution in [0.15, 0.2) is 0 Å². The molecule has 0 atom stereocenters. The normalized spacial score (nSPS) is 9.88. The van der Waals surface area contributed by atoms with Crippen LogP contribution in [0.4, 0.5) is 8.78 Å². The first-order valence-electron chi connectivity index (χ1n) is 1.23. The molecule has 0 aromatic carbocycles. The van der Waals surface area contributed by atoms with Gasteiger partial charge in [0.25, 0.3) is 0 Å². The fraction of sp³-hybridized carbons (Fsp3) is 0.500. The zero-order valence-electron chi connectivity index (χ0n) is 3.95. The minimum absolute atomic E-state index is 0. The van der Waals surface area contributed by atoms with Gasteiger partial charge in [0.05, 0.1) is 0 Å². The van der Waals surface area contributed by atoms with Crippen LogP contribution in [0.25, 0.3) is 0 Å². The van der Waals surface area contributed by atoms with Crippen molar-refractivity contribution in [3.63, 3.8) is 0 Å². The predicted octanol–water partition coefficient (Wildman–Crippen LogP) is -3.43. The van der Waals surface area contributed by atoms with Crippen LogP contribution in [-0.2, 0) is 4.79 Å². The quantitative estimate of drug-likeness (QED) is 0.302. The summed E-state index contributed by atoms with van der Waals surface area (Å²) in [4.78, 5) is 9.03. The minimum Gasteiger partial charge on any atom is -0.543 e. The van der Waals surface area contributed by atoms with E-state index in [2.05, 4.69) is 11.6 Å². The number of carbonyl (C=O) groups is 1. The van der Waals surface area contributed by atoms with Gasteiger partial charge in [-0.2, -0.15) is 8.78 Å².